The van der Waals surface area contributed by atoms with Gasteiger partial charge in [-0.1, -0.05) is 0 Å². The third-order valence-corrected chi connectivity index (χ3v) is 19.1. The topological polar surface area (TPSA) is 9.23 Å². The summed E-state index contributed by atoms with van der Waals surface area (Å²) >= 11 is -1.98. The second kappa shape index (κ2) is 4.76. The van der Waals surface area contributed by atoms with E-state index in [-0.39, 0.29) is 0 Å². The first-order chi connectivity index (χ1) is 6.68. The molecule has 1 nitrogen and oxygen atoms in total. The summed E-state index contributed by atoms with van der Waals surface area (Å²) in [6, 6.07) is 0. The fourth-order valence-electron chi connectivity index (χ4n) is 1.58. The molecule has 15 heavy (non-hydrogen) atoms. The molecule has 1 aromatic heterocycles. The second-order valence-corrected chi connectivity index (χ2v) is 36.6. The van der Waals surface area contributed by atoms with Crippen LogP contribution in [-0.2, 0) is 0 Å². The van der Waals surface area contributed by atoms with E-state index >= 15 is 0 Å². The summed E-state index contributed by atoms with van der Waals surface area (Å²) in [6.07, 6.45) is 0. The van der Waals surface area contributed by atoms with E-state index in [0.717, 1.165) is 0 Å². The molecule has 0 saturated carbocycles. The van der Waals surface area contributed by atoms with Crippen LogP contribution < -0.4 is 11.2 Å². The van der Waals surface area contributed by atoms with Crippen LogP contribution in [0.4, 0.5) is 0 Å². The van der Waals surface area contributed by atoms with Crippen LogP contribution >= 0.6 is 11.3 Å². The number of thiophene rings is 1. The van der Waals surface area contributed by atoms with Gasteiger partial charge in [0.1, 0.15) is 0 Å². The van der Waals surface area contributed by atoms with E-state index in [9.17, 15) is 0 Å². The fraction of sp³-hybridized carbons (Fsp3) is 0.636. The molecule has 1 rings (SSSR count). The zero-order chi connectivity index (χ0) is 11.9. The van der Waals surface area contributed by atoms with Gasteiger partial charge in [0.25, 0.3) is 0 Å². The summed E-state index contributed by atoms with van der Waals surface area (Å²) in [7, 11) is 1.84. The quantitative estimate of drug-likeness (QED) is 0.658. The number of ether oxygens (including phenoxy) is 1. The molecule has 0 saturated heterocycles. The third-order valence-electron chi connectivity index (χ3n) is 2.44. The first-order valence-corrected chi connectivity index (χ1v) is 26.2. The second-order valence-electron chi connectivity index (χ2n) is 6.01. The molecule has 0 aliphatic rings. The van der Waals surface area contributed by atoms with Gasteiger partial charge in [-0.25, -0.2) is 0 Å². The van der Waals surface area contributed by atoms with E-state index in [4.69, 9.17) is 4.74 Å². The molecular weight excluding hydrogens is 418 g/mol. The summed E-state index contributed by atoms with van der Waals surface area (Å²) in [5.41, 5.74) is 0. The van der Waals surface area contributed by atoms with Crippen molar-refractivity contribution in [1.29, 1.82) is 0 Å². The summed E-state index contributed by atoms with van der Waals surface area (Å²) < 4.78 is 8.87. The van der Waals surface area contributed by atoms with Crippen LogP contribution in [0, 0.1) is 0 Å². The number of hydrogen-bond acceptors (Lipinski definition) is 2. The number of methoxy groups -OCH3 is 1. The molecule has 0 unspecified atom stereocenters. The first-order valence-electron chi connectivity index (χ1n) is 5.34. The van der Waals surface area contributed by atoms with Crippen LogP contribution in [0.2, 0.25) is 29.6 Å². The van der Waals surface area contributed by atoms with E-state index in [1.165, 1.54) is 5.75 Å². The van der Waals surface area contributed by atoms with Gasteiger partial charge >= 0.3 is 107 Å². The molecule has 0 amide bonds. The van der Waals surface area contributed by atoms with Gasteiger partial charge in [0, 0.05) is 0 Å². The third kappa shape index (κ3) is 3.28. The zero-order valence-electron chi connectivity index (χ0n) is 10.9. The summed E-state index contributed by atoms with van der Waals surface area (Å²) in [5.74, 6) is 1.27. The number of hydrogen-bond donors (Lipinski definition) is 0. The SMILES string of the molecule is COc1[c]([Sn]([CH3])([CH3])[CH3])cs[c]1[Sn]([CH3])([CH3])[CH3]. The summed E-state index contributed by atoms with van der Waals surface area (Å²) in [4.78, 5) is 14.8. The van der Waals surface area contributed by atoms with Crippen LogP contribution in [0.1, 0.15) is 0 Å². The Kier molecular flexibility index (Phi) is 4.50. The van der Waals surface area contributed by atoms with E-state index in [1.54, 1.807) is 6.47 Å². The van der Waals surface area contributed by atoms with Crippen molar-refractivity contribution < 1.29 is 4.74 Å². The van der Waals surface area contributed by atoms with Crippen molar-refractivity contribution in [1.82, 2.24) is 0 Å². The molecule has 0 radical (unpaired) electrons. The Morgan fingerprint density at radius 3 is 1.87 bits per heavy atom. The number of rotatable bonds is 3. The molecule has 0 aromatic carbocycles. The van der Waals surface area contributed by atoms with Gasteiger partial charge in [0.05, 0.1) is 0 Å². The van der Waals surface area contributed by atoms with Crippen molar-refractivity contribution >= 4 is 54.6 Å². The van der Waals surface area contributed by atoms with Gasteiger partial charge in [-0.05, 0) is 0 Å². The summed E-state index contributed by atoms with van der Waals surface area (Å²) in [6.45, 7) is 0. The molecule has 1 heterocycles. The van der Waals surface area contributed by atoms with Crippen molar-refractivity contribution in [3.8, 4) is 5.75 Å². The monoisotopic (exact) mass is 442 g/mol. The van der Waals surface area contributed by atoms with Crippen molar-refractivity contribution in [2.75, 3.05) is 7.11 Å². The molecule has 1 aromatic rings. The van der Waals surface area contributed by atoms with E-state index < -0.39 is 36.8 Å². The minimum atomic E-state index is -1.97. The average Bonchev–Trinajstić information content (AvgIpc) is 2.43. The predicted molar refractivity (Wildman–Crippen MR) is 76.8 cm³/mol. The Balaban J connectivity index is 3.30. The van der Waals surface area contributed by atoms with E-state index in [2.05, 4.69) is 35.0 Å². The molecule has 0 spiro atoms. The molecule has 86 valence electrons. The van der Waals surface area contributed by atoms with E-state index in [0.29, 0.717) is 0 Å². The van der Waals surface area contributed by atoms with Crippen molar-refractivity contribution in [2.45, 2.75) is 29.6 Å². The summed E-state index contributed by atoms with van der Waals surface area (Å²) in [5, 5.41) is 2.38. The van der Waals surface area contributed by atoms with Crippen LogP contribution in [0.3, 0.4) is 0 Å². The van der Waals surface area contributed by atoms with Gasteiger partial charge < -0.3 is 0 Å². The molecule has 0 fully saturated rings. The van der Waals surface area contributed by atoms with Gasteiger partial charge in [0.2, 0.25) is 0 Å². The minimum absolute atomic E-state index is 1.27. The van der Waals surface area contributed by atoms with Crippen LogP contribution in [0.5, 0.6) is 5.75 Å². The Labute approximate surface area is 106 Å². The van der Waals surface area contributed by atoms with Crippen molar-refractivity contribution in [3.63, 3.8) is 0 Å². The maximum atomic E-state index is 5.68. The Hall–Kier alpha value is 1.10. The van der Waals surface area contributed by atoms with Crippen LogP contribution in [0.15, 0.2) is 5.38 Å². The molecule has 0 N–H and O–H groups in total. The van der Waals surface area contributed by atoms with Crippen molar-refractivity contribution in [3.05, 3.63) is 5.38 Å². The van der Waals surface area contributed by atoms with Gasteiger partial charge in [-0.15, -0.1) is 0 Å². The van der Waals surface area contributed by atoms with Crippen LogP contribution in [0.25, 0.3) is 0 Å². The molecule has 0 bridgehead atoms. The van der Waals surface area contributed by atoms with E-state index in [1.807, 2.05) is 18.4 Å². The predicted octanol–water partition coefficient (Wildman–Crippen LogP) is 2.85. The fourth-order valence-corrected chi connectivity index (χ4v) is 16.5. The molecule has 4 heteroatoms. The molecular formula is C11H22OSSn2. The van der Waals surface area contributed by atoms with Crippen LogP contribution in [-0.4, -0.2) is 43.9 Å². The van der Waals surface area contributed by atoms with Gasteiger partial charge in [-0.3, -0.25) is 0 Å². The van der Waals surface area contributed by atoms with Gasteiger partial charge in [0.15, 0.2) is 0 Å². The van der Waals surface area contributed by atoms with Gasteiger partial charge in [-0.2, -0.15) is 0 Å². The average molecular weight is 440 g/mol. The molecule has 0 aliphatic heterocycles. The van der Waals surface area contributed by atoms with Crippen molar-refractivity contribution in [2.24, 2.45) is 0 Å². The Morgan fingerprint density at radius 2 is 1.53 bits per heavy atom. The normalized spacial score (nSPS) is 13.0. The zero-order valence-corrected chi connectivity index (χ0v) is 17.4. The Morgan fingerprint density at radius 1 is 1.00 bits per heavy atom. The Bertz CT molecular complexity index is 313. The first kappa shape index (κ1) is 14.2. The standard InChI is InChI=1S/C5H4OS.6CH3.2Sn/c1-6-5-2-3-7-4-5;;;;;;;;/h3H,1H3;6*1H3;;. The maximum absolute atomic E-state index is 5.68. The molecule has 0 aliphatic carbocycles. The molecule has 0 atom stereocenters.